The maximum atomic E-state index is 13.0. The van der Waals surface area contributed by atoms with Crippen LogP contribution in [0, 0.1) is 23.2 Å². The summed E-state index contributed by atoms with van der Waals surface area (Å²) in [5, 5.41) is 6.51. The van der Waals surface area contributed by atoms with Gasteiger partial charge in [-0.1, -0.05) is 11.6 Å². The summed E-state index contributed by atoms with van der Waals surface area (Å²) in [4.78, 5) is 12.9. The molecule has 2 amide bonds. The summed E-state index contributed by atoms with van der Waals surface area (Å²) >= 11 is 5.89. The minimum absolute atomic E-state index is 0.203. The SMILES string of the molecule is O=C(NCC12CC3CC(CC(C3)C1)C2)NC1CCCN1S(=O)(=O)c1ccc(Cl)cc1. The van der Waals surface area contributed by atoms with Gasteiger partial charge in [0.05, 0.1) is 11.1 Å². The van der Waals surface area contributed by atoms with Gasteiger partial charge < -0.3 is 10.6 Å². The summed E-state index contributed by atoms with van der Waals surface area (Å²) in [5.74, 6) is 2.53. The maximum absolute atomic E-state index is 13.0. The Kier molecular flexibility index (Phi) is 5.27. The molecule has 1 saturated heterocycles. The van der Waals surface area contributed by atoms with Gasteiger partial charge in [-0.2, -0.15) is 4.31 Å². The third-order valence-electron chi connectivity index (χ3n) is 7.71. The van der Waals surface area contributed by atoms with Crippen molar-refractivity contribution in [3.05, 3.63) is 29.3 Å². The monoisotopic (exact) mass is 451 g/mol. The first-order valence-corrected chi connectivity index (χ1v) is 13.0. The summed E-state index contributed by atoms with van der Waals surface area (Å²) in [7, 11) is -3.67. The molecule has 8 heteroatoms. The molecule has 6 nitrogen and oxygen atoms in total. The zero-order valence-corrected chi connectivity index (χ0v) is 18.7. The third-order valence-corrected chi connectivity index (χ3v) is 9.89. The lowest BCUT2D eigenvalue weighted by atomic mass is 9.49. The molecule has 164 valence electrons. The molecule has 1 heterocycles. The number of nitrogens with zero attached hydrogens (tertiary/aromatic N) is 1. The normalized spacial score (nSPS) is 35.5. The van der Waals surface area contributed by atoms with Gasteiger partial charge in [0.15, 0.2) is 0 Å². The van der Waals surface area contributed by atoms with E-state index in [0.29, 0.717) is 24.5 Å². The van der Waals surface area contributed by atoms with Crippen molar-refractivity contribution >= 4 is 27.7 Å². The van der Waals surface area contributed by atoms with Crippen LogP contribution in [0.3, 0.4) is 0 Å². The smallest absolute Gasteiger partial charge is 0.316 e. The lowest BCUT2D eigenvalue weighted by Gasteiger charge is -2.56. The molecule has 1 unspecified atom stereocenters. The standard InChI is InChI=1S/C22H30ClN3O3S/c23-18-3-5-19(6-4-18)30(28,29)26-7-1-2-20(26)25-21(27)24-14-22-11-15-8-16(12-22)10-17(9-15)13-22/h3-6,15-17,20H,1-2,7-14H2,(H2,24,25,27). The predicted octanol–water partition coefficient (Wildman–Crippen LogP) is 3.97. The van der Waals surface area contributed by atoms with Crippen LogP contribution < -0.4 is 10.6 Å². The fourth-order valence-corrected chi connectivity index (χ4v) is 8.63. The molecule has 1 atom stereocenters. The highest BCUT2D eigenvalue weighted by Gasteiger charge is 2.50. The first-order chi connectivity index (χ1) is 14.3. The second-order valence-electron chi connectivity index (χ2n) is 9.97. The molecule has 1 aliphatic heterocycles. The van der Waals surface area contributed by atoms with Crippen molar-refractivity contribution < 1.29 is 13.2 Å². The van der Waals surface area contributed by atoms with E-state index in [9.17, 15) is 13.2 Å². The third kappa shape index (κ3) is 3.84. The molecule has 0 aromatic heterocycles. The van der Waals surface area contributed by atoms with E-state index in [2.05, 4.69) is 10.6 Å². The van der Waals surface area contributed by atoms with Crippen molar-refractivity contribution in [1.29, 1.82) is 0 Å². The van der Waals surface area contributed by atoms with Crippen molar-refractivity contribution in [2.75, 3.05) is 13.1 Å². The van der Waals surface area contributed by atoms with Gasteiger partial charge in [0.25, 0.3) is 0 Å². The Balaban J connectivity index is 1.21. The molecular formula is C22H30ClN3O3S. The fraction of sp³-hybridized carbons (Fsp3) is 0.682. The van der Waals surface area contributed by atoms with E-state index in [1.165, 1.54) is 55.0 Å². The van der Waals surface area contributed by atoms with Crippen LogP contribution in [0.1, 0.15) is 51.4 Å². The zero-order chi connectivity index (χ0) is 20.9. The van der Waals surface area contributed by atoms with Crippen LogP contribution in [0.15, 0.2) is 29.2 Å². The minimum atomic E-state index is -3.67. The van der Waals surface area contributed by atoms with Gasteiger partial charge in [0.1, 0.15) is 0 Å². The van der Waals surface area contributed by atoms with Crippen LogP contribution in [-0.2, 0) is 10.0 Å². The van der Waals surface area contributed by atoms with Crippen molar-refractivity contribution in [2.45, 2.75) is 62.4 Å². The topological polar surface area (TPSA) is 78.5 Å². The Bertz CT molecular complexity index is 883. The molecule has 0 spiro atoms. The lowest BCUT2D eigenvalue weighted by molar-refractivity contribution is -0.0498. The molecule has 4 bridgehead atoms. The average molecular weight is 452 g/mol. The van der Waals surface area contributed by atoms with Crippen LogP contribution in [0.5, 0.6) is 0 Å². The average Bonchev–Trinajstić information content (AvgIpc) is 3.15. The van der Waals surface area contributed by atoms with Crippen molar-refractivity contribution in [3.8, 4) is 0 Å². The van der Waals surface area contributed by atoms with E-state index in [0.717, 1.165) is 24.2 Å². The number of carbonyl (C=O) groups excluding carboxylic acids is 1. The minimum Gasteiger partial charge on any atom is -0.338 e. The number of urea groups is 1. The highest BCUT2D eigenvalue weighted by molar-refractivity contribution is 7.89. The van der Waals surface area contributed by atoms with Gasteiger partial charge in [-0.05, 0) is 98.8 Å². The number of carbonyl (C=O) groups is 1. The molecule has 0 radical (unpaired) electrons. The van der Waals surface area contributed by atoms with Gasteiger partial charge in [-0.25, -0.2) is 13.2 Å². The van der Waals surface area contributed by atoms with E-state index in [4.69, 9.17) is 11.6 Å². The van der Waals surface area contributed by atoms with Crippen molar-refractivity contribution in [2.24, 2.45) is 23.2 Å². The van der Waals surface area contributed by atoms with Crippen molar-refractivity contribution in [1.82, 2.24) is 14.9 Å². The Morgan fingerprint density at radius 3 is 2.27 bits per heavy atom. The highest BCUT2D eigenvalue weighted by Crippen LogP contribution is 2.59. The molecule has 30 heavy (non-hydrogen) atoms. The van der Waals surface area contributed by atoms with Crippen molar-refractivity contribution in [3.63, 3.8) is 0 Å². The van der Waals surface area contributed by atoms with Gasteiger partial charge in [0, 0.05) is 18.1 Å². The largest absolute Gasteiger partial charge is 0.338 e. The zero-order valence-electron chi connectivity index (χ0n) is 17.1. The number of hydrogen-bond acceptors (Lipinski definition) is 3. The molecule has 1 aromatic carbocycles. The number of halogens is 1. The molecule has 4 saturated carbocycles. The van der Waals surface area contributed by atoms with Crippen LogP contribution in [0.2, 0.25) is 5.02 Å². The molecule has 2 N–H and O–H groups in total. The summed E-state index contributed by atoms with van der Waals surface area (Å²) in [6.07, 6.45) is 8.69. The van der Waals surface area contributed by atoms with E-state index >= 15 is 0 Å². The summed E-state index contributed by atoms with van der Waals surface area (Å²) in [6.45, 7) is 1.11. The number of hydrogen-bond donors (Lipinski definition) is 2. The van der Waals surface area contributed by atoms with Crippen LogP contribution in [0.25, 0.3) is 0 Å². The van der Waals surface area contributed by atoms with Gasteiger partial charge in [-0.15, -0.1) is 0 Å². The molecular weight excluding hydrogens is 422 g/mol. The van der Waals surface area contributed by atoms with E-state index in [1.807, 2.05) is 0 Å². The van der Waals surface area contributed by atoms with Gasteiger partial charge in [-0.3, -0.25) is 0 Å². The number of nitrogens with one attached hydrogen (secondary N) is 2. The lowest BCUT2D eigenvalue weighted by Crippen LogP contribution is -2.54. The Hall–Kier alpha value is -1.31. The van der Waals surface area contributed by atoms with E-state index in [-0.39, 0.29) is 16.3 Å². The Morgan fingerprint density at radius 1 is 1.07 bits per heavy atom. The molecule has 5 fully saturated rings. The van der Waals surface area contributed by atoms with Crippen LogP contribution in [0.4, 0.5) is 4.79 Å². The number of amides is 2. The van der Waals surface area contributed by atoms with Crippen LogP contribution >= 0.6 is 11.6 Å². The summed E-state index contributed by atoms with van der Waals surface area (Å²) in [5.41, 5.74) is 0.261. The van der Waals surface area contributed by atoms with E-state index < -0.39 is 16.2 Å². The molecule has 6 rings (SSSR count). The number of sulfonamides is 1. The molecule has 1 aromatic rings. The Labute approximate surface area is 183 Å². The van der Waals surface area contributed by atoms with Gasteiger partial charge in [0.2, 0.25) is 10.0 Å². The quantitative estimate of drug-likeness (QED) is 0.711. The van der Waals surface area contributed by atoms with E-state index in [1.54, 1.807) is 12.1 Å². The Morgan fingerprint density at radius 2 is 1.67 bits per heavy atom. The van der Waals surface area contributed by atoms with Gasteiger partial charge >= 0.3 is 6.03 Å². The predicted molar refractivity (Wildman–Crippen MR) is 116 cm³/mol. The first kappa shape index (κ1) is 20.6. The number of benzene rings is 1. The molecule has 5 aliphatic rings. The fourth-order valence-electron chi connectivity index (χ4n) is 6.89. The summed E-state index contributed by atoms with van der Waals surface area (Å²) < 4.78 is 27.5. The maximum Gasteiger partial charge on any atom is 0.316 e. The highest BCUT2D eigenvalue weighted by atomic mass is 35.5. The molecule has 4 aliphatic carbocycles. The summed E-state index contributed by atoms with van der Waals surface area (Å²) in [6, 6.07) is 5.92. The first-order valence-electron chi connectivity index (χ1n) is 11.1. The second-order valence-corrected chi connectivity index (χ2v) is 12.3. The van der Waals surface area contributed by atoms with Crippen LogP contribution in [-0.4, -0.2) is 38.0 Å². The number of rotatable bonds is 5. The second kappa shape index (κ2) is 7.68.